The molecule has 1 aliphatic rings. The monoisotopic (exact) mass is 316 g/mol. The molecule has 1 fully saturated rings. The second-order valence-electron chi connectivity index (χ2n) is 5.01. The van der Waals surface area contributed by atoms with Crippen LogP contribution in [0.5, 0.6) is 5.75 Å². The van der Waals surface area contributed by atoms with Crippen molar-refractivity contribution in [2.45, 2.75) is 19.4 Å². The van der Waals surface area contributed by atoms with Crippen LogP contribution in [0.4, 0.5) is 0 Å². The van der Waals surface area contributed by atoms with Crippen molar-refractivity contribution in [3.63, 3.8) is 0 Å². The SMILES string of the molecule is CC(Oc1ccc(Cl)c(Cl)c1)C(=O)N1CCC(CN)C1. The number of nitrogens with two attached hydrogens (primary N) is 1. The molecule has 20 heavy (non-hydrogen) atoms. The first-order chi connectivity index (χ1) is 9.51. The van der Waals surface area contributed by atoms with E-state index in [1.54, 1.807) is 30.0 Å². The zero-order valence-electron chi connectivity index (χ0n) is 11.3. The Labute approximate surface area is 128 Å². The number of hydrogen-bond acceptors (Lipinski definition) is 3. The quantitative estimate of drug-likeness (QED) is 0.928. The molecule has 2 N–H and O–H groups in total. The van der Waals surface area contributed by atoms with E-state index >= 15 is 0 Å². The summed E-state index contributed by atoms with van der Waals surface area (Å²) in [5.74, 6) is 0.915. The van der Waals surface area contributed by atoms with Gasteiger partial charge in [-0.25, -0.2) is 0 Å². The van der Waals surface area contributed by atoms with Crippen molar-refractivity contribution in [1.82, 2.24) is 4.90 Å². The number of amides is 1. The normalized spacial score (nSPS) is 20.0. The third kappa shape index (κ3) is 3.57. The summed E-state index contributed by atoms with van der Waals surface area (Å²) >= 11 is 11.8. The standard InChI is InChI=1S/C14H18Cl2N2O2/c1-9(14(19)18-5-4-10(7-17)8-18)20-11-2-3-12(15)13(16)6-11/h2-3,6,9-10H,4-5,7-8,17H2,1H3. The molecule has 2 atom stereocenters. The number of nitrogens with zero attached hydrogens (tertiary/aromatic N) is 1. The van der Waals surface area contributed by atoms with Crippen LogP contribution in [-0.4, -0.2) is 36.5 Å². The van der Waals surface area contributed by atoms with Crippen molar-refractivity contribution in [1.29, 1.82) is 0 Å². The maximum Gasteiger partial charge on any atom is 0.263 e. The van der Waals surface area contributed by atoms with Gasteiger partial charge in [0, 0.05) is 19.2 Å². The van der Waals surface area contributed by atoms with E-state index in [4.69, 9.17) is 33.7 Å². The summed E-state index contributed by atoms with van der Waals surface area (Å²) in [4.78, 5) is 14.1. The third-order valence-electron chi connectivity index (χ3n) is 3.48. The van der Waals surface area contributed by atoms with E-state index in [9.17, 15) is 4.79 Å². The minimum absolute atomic E-state index is 0.0213. The molecule has 0 spiro atoms. The summed E-state index contributed by atoms with van der Waals surface area (Å²) in [5.41, 5.74) is 5.63. The van der Waals surface area contributed by atoms with Gasteiger partial charge in [-0.15, -0.1) is 0 Å². The van der Waals surface area contributed by atoms with Gasteiger partial charge in [0.05, 0.1) is 10.0 Å². The highest BCUT2D eigenvalue weighted by atomic mass is 35.5. The second kappa shape index (κ2) is 6.66. The molecular formula is C14H18Cl2N2O2. The summed E-state index contributed by atoms with van der Waals surface area (Å²) in [5, 5.41) is 0.872. The minimum Gasteiger partial charge on any atom is -0.481 e. The van der Waals surface area contributed by atoms with Crippen molar-refractivity contribution in [2.24, 2.45) is 11.7 Å². The highest BCUT2D eigenvalue weighted by Crippen LogP contribution is 2.27. The summed E-state index contributed by atoms with van der Waals surface area (Å²) < 4.78 is 5.63. The maximum atomic E-state index is 12.3. The van der Waals surface area contributed by atoms with Crippen molar-refractivity contribution < 1.29 is 9.53 Å². The number of carbonyl (C=O) groups excluding carboxylic acids is 1. The van der Waals surface area contributed by atoms with Gasteiger partial charge >= 0.3 is 0 Å². The number of hydrogen-bond donors (Lipinski definition) is 1. The average molecular weight is 317 g/mol. The number of likely N-dealkylation sites (tertiary alicyclic amines) is 1. The Bertz CT molecular complexity index is 496. The molecule has 2 rings (SSSR count). The van der Waals surface area contributed by atoms with Crippen LogP contribution in [0.3, 0.4) is 0 Å². The summed E-state index contributed by atoms with van der Waals surface area (Å²) in [6, 6.07) is 4.96. The average Bonchev–Trinajstić information content (AvgIpc) is 2.91. The third-order valence-corrected chi connectivity index (χ3v) is 4.22. The Morgan fingerprint density at radius 2 is 2.25 bits per heavy atom. The van der Waals surface area contributed by atoms with E-state index < -0.39 is 6.10 Å². The largest absolute Gasteiger partial charge is 0.481 e. The number of carbonyl (C=O) groups is 1. The molecule has 0 aliphatic carbocycles. The number of ether oxygens (including phenoxy) is 1. The van der Waals surface area contributed by atoms with Gasteiger partial charge in [0.2, 0.25) is 0 Å². The molecule has 1 aromatic rings. The molecule has 1 saturated heterocycles. The lowest BCUT2D eigenvalue weighted by Gasteiger charge is -2.22. The van der Waals surface area contributed by atoms with Gasteiger partial charge in [0.1, 0.15) is 5.75 Å². The van der Waals surface area contributed by atoms with E-state index in [0.717, 1.165) is 13.0 Å². The second-order valence-corrected chi connectivity index (χ2v) is 5.83. The van der Waals surface area contributed by atoms with Crippen LogP contribution in [0.15, 0.2) is 18.2 Å². The Balaban J connectivity index is 1.95. The molecule has 0 saturated carbocycles. The molecule has 1 heterocycles. The maximum absolute atomic E-state index is 12.3. The Morgan fingerprint density at radius 3 is 2.85 bits per heavy atom. The highest BCUT2D eigenvalue weighted by Gasteiger charge is 2.29. The van der Waals surface area contributed by atoms with Crippen molar-refractivity contribution in [3.8, 4) is 5.75 Å². The first-order valence-electron chi connectivity index (χ1n) is 6.62. The van der Waals surface area contributed by atoms with Crippen molar-refractivity contribution >= 4 is 29.1 Å². The highest BCUT2D eigenvalue weighted by molar-refractivity contribution is 6.42. The van der Waals surface area contributed by atoms with Crippen LogP contribution in [0, 0.1) is 5.92 Å². The van der Waals surface area contributed by atoms with Crippen molar-refractivity contribution in [2.75, 3.05) is 19.6 Å². The smallest absolute Gasteiger partial charge is 0.263 e. The molecule has 1 aliphatic heterocycles. The van der Waals surface area contributed by atoms with Gasteiger partial charge in [-0.2, -0.15) is 0 Å². The lowest BCUT2D eigenvalue weighted by Crippen LogP contribution is -2.39. The molecule has 0 radical (unpaired) electrons. The molecule has 0 aromatic heterocycles. The topological polar surface area (TPSA) is 55.6 Å². The zero-order valence-corrected chi connectivity index (χ0v) is 12.8. The first kappa shape index (κ1) is 15.4. The van der Waals surface area contributed by atoms with Gasteiger partial charge < -0.3 is 15.4 Å². The van der Waals surface area contributed by atoms with Crippen LogP contribution in [0.2, 0.25) is 10.0 Å². The molecule has 0 bridgehead atoms. The van der Waals surface area contributed by atoms with Gasteiger partial charge in [0.15, 0.2) is 6.10 Å². The molecule has 2 unspecified atom stereocenters. The summed E-state index contributed by atoms with van der Waals surface area (Å²) in [6.45, 7) is 3.81. The predicted octanol–water partition coefficient (Wildman–Crippen LogP) is 2.57. The minimum atomic E-state index is -0.552. The van der Waals surface area contributed by atoms with E-state index in [2.05, 4.69) is 0 Å². The van der Waals surface area contributed by atoms with Crippen LogP contribution < -0.4 is 10.5 Å². The fourth-order valence-corrected chi connectivity index (χ4v) is 2.58. The summed E-state index contributed by atoms with van der Waals surface area (Å²) in [7, 11) is 0. The van der Waals surface area contributed by atoms with Gasteiger partial charge in [-0.05, 0) is 37.9 Å². The van der Waals surface area contributed by atoms with Crippen molar-refractivity contribution in [3.05, 3.63) is 28.2 Å². The molecular weight excluding hydrogens is 299 g/mol. The van der Waals surface area contributed by atoms with Gasteiger partial charge in [0.25, 0.3) is 5.91 Å². The number of benzene rings is 1. The molecule has 4 nitrogen and oxygen atoms in total. The Morgan fingerprint density at radius 1 is 1.50 bits per heavy atom. The zero-order chi connectivity index (χ0) is 14.7. The van der Waals surface area contributed by atoms with E-state index in [1.807, 2.05) is 0 Å². The van der Waals surface area contributed by atoms with Crippen LogP contribution in [0.1, 0.15) is 13.3 Å². The fourth-order valence-electron chi connectivity index (χ4n) is 2.29. The predicted molar refractivity (Wildman–Crippen MR) is 80.3 cm³/mol. The Kier molecular flexibility index (Phi) is 5.13. The first-order valence-corrected chi connectivity index (χ1v) is 7.37. The molecule has 1 amide bonds. The Hall–Kier alpha value is -0.970. The van der Waals surface area contributed by atoms with Crippen LogP contribution in [-0.2, 0) is 4.79 Å². The lowest BCUT2D eigenvalue weighted by atomic mass is 10.1. The fraction of sp³-hybridized carbons (Fsp3) is 0.500. The lowest BCUT2D eigenvalue weighted by molar-refractivity contribution is -0.136. The van der Waals surface area contributed by atoms with Gasteiger partial charge in [-0.1, -0.05) is 23.2 Å². The van der Waals surface area contributed by atoms with Gasteiger partial charge in [-0.3, -0.25) is 4.79 Å². The number of rotatable bonds is 4. The molecule has 6 heteroatoms. The van der Waals surface area contributed by atoms with Crippen LogP contribution >= 0.6 is 23.2 Å². The van der Waals surface area contributed by atoms with E-state index in [0.29, 0.717) is 34.8 Å². The summed E-state index contributed by atoms with van der Waals surface area (Å²) in [6.07, 6.45) is 0.408. The van der Waals surface area contributed by atoms with E-state index in [-0.39, 0.29) is 5.91 Å². The van der Waals surface area contributed by atoms with E-state index in [1.165, 1.54) is 0 Å². The van der Waals surface area contributed by atoms with Crippen LogP contribution in [0.25, 0.3) is 0 Å². The molecule has 110 valence electrons. The number of halogens is 2. The molecule has 1 aromatic carbocycles.